The molecule has 0 aliphatic rings. The molecule has 3 rings (SSSR count). The van der Waals surface area contributed by atoms with Crippen LogP contribution in [-0.2, 0) is 27.4 Å². The minimum absolute atomic E-state index is 0.198. The van der Waals surface area contributed by atoms with Crippen LogP contribution < -0.4 is 20.7 Å². The van der Waals surface area contributed by atoms with Gasteiger partial charge >= 0.3 is 0 Å². The van der Waals surface area contributed by atoms with Crippen molar-refractivity contribution in [1.29, 1.82) is 0 Å². The molecule has 0 aromatic heterocycles. The van der Waals surface area contributed by atoms with E-state index >= 15 is 0 Å². The average molecular weight is 464 g/mol. The van der Waals surface area contributed by atoms with Gasteiger partial charge in [-0.3, -0.25) is 14.9 Å². The Labute approximate surface area is 198 Å². The summed E-state index contributed by atoms with van der Waals surface area (Å²) in [5, 5.41) is 13.3. The number of nitrogens with two attached hydrogens (primary N) is 1. The Balaban J connectivity index is 1.68. The fourth-order valence-corrected chi connectivity index (χ4v) is 3.32. The van der Waals surface area contributed by atoms with Crippen molar-refractivity contribution in [3.8, 4) is 5.75 Å². The SMILES string of the molecule is CN(C(=O)[C@H](Cc1ccccc1)NC(O)OCc1ccccc1)c1ccc(OCC(N)=O)cc1. The first-order chi connectivity index (χ1) is 16.4. The van der Waals surface area contributed by atoms with E-state index in [-0.39, 0.29) is 19.1 Å². The van der Waals surface area contributed by atoms with E-state index in [2.05, 4.69) is 5.32 Å². The van der Waals surface area contributed by atoms with Gasteiger partial charge in [-0.2, -0.15) is 0 Å². The first-order valence-corrected chi connectivity index (χ1v) is 10.8. The number of carbonyl (C=O) groups is 2. The number of primary amides is 1. The van der Waals surface area contributed by atoms with Crippen LogP contribution in [0.5, 0.6) is 5.75 Å². The number of nitrogens with one attached hydrogen (secondary N) is 1. The number of nitrogens with zero attached hydrogens (tertiary/aromatic N) is 1. The fraction of sp³-hybridized carbons (Fsp3) is 0.231. The van der Waals surface area contributed by atoms with Gasteiger partial charge in [-0.15, -0.1) is 0 Å². The summed E-state index contributed by atoms with van der Waals surface area (Å²) in [6.45, 7) is -0.0259. The Morgan fingerprint density at radius 1 is 0.941 bits per heavy atom. The van der Waals surface area contributed by atoms with Crippen LogP contribution in [-0.4, -0.2) is 43.0 Å². The van der Waals surface area contributed by atoms with Gasteiger partial charge in [-0.1, -0.05) is 60.7 Å². The van der Waals surface area contributed by atoms with Crippen LogP contribution in [0.15, 0.2) is 84.9 Å². The second kappa shape index (κ2) is 12.5. The maximum absolute atomic E-state index is 13.4. The quantitative estimate of drug-likeness (QED) is 0.355. The minimum Gasteiger partial charge on any atom is -0.484 e. The number of benzene rings is 3. The van der Waals surface area contributed by atoms with Crippen LogP contribution in [0.3, 0.4) is 0 Å². The largest absolute Gasteiger partial charge is 0.484 e. The predicted molar refractivity (Wildman–Crippen MR) is 129 cm³/mol. The lowest BCUT2D eigenvalue weighted by molar-refractivity contribution is -0.143. The van der Waals surface area contributed by atoms with E-state index in [1.165, 1.54) is 4.90 Å². The number of amides is 2. The van der Waals surface area contributed by atoms with Gasteiger partial charge in [-0.25, -0.2) is 0 Å². The van der Waals surface area contributed by atoms with Crippen molar-refractivity contribution in [2.75, 3.05) is 18.6 Å². The molecule has 0 heterocycles. The van der Waals surface area contributed by atoms with E-state index in [4.69, 9.17) is 15.2 Å². The number of rotatable bonds is 12. The Morgan fingerprint density at radius 2 is 1.53 bits per heavy atom. The maximum atomic E-state index is 13.4. The number of carbonyl (C=O) groups excluding carboxylic acids is 2. The molecule has 0 bridgehead atoms. The molecule has 0 spiro atoms. The molecule has 0 radical (unpaired) electrons. The fourth-order valence-electron chi connectivity index (χ4n) is 3.32. The lowest BCUT2D eigenvalue weighted by Crippen LogP contribution is -2.51. The van der Waals surface area contributed by atoms with Crippen LogP contribution in [0.4, 0.5) is 5.69 Å². The van der Waals surface area contributed by atoms with Gasteiger partial charge in [0.05, 0.1) is 12.6 Å². The van der Waals surface area contributed by atoms with Gasteiger partial charge in [0.1, 0.15) is 5.75 Å². The number of hydrogen-bond acceptors (Lipinski definition) is 6. The molecule has 0 fully saturated rings. The van der Waals surface area contributed by atoms with Crippen molar-refractivity contribution in [1.82, 2.24) is 5.32 Å². The molecular weight excluding hydrogens is 434 g/mol. The Kier molecular flexibility index (Phi) is 9.16. The van der Waals surface area contributed by atoms with E-state index in [0.717, 1.165) is 11.1 Å². The molecule has 0 saturated heterocycles. The highest BCUT2D eigenvalue weighted by Crippen LogP contribution is 2.20. The molecule has 0 aliphatic carbocycles. The van der Waals surface area contributed by atoms with Crippen LogP contribution >= 0.6 is 0 Å². The number of aliphatic hydroxyl groups is 1. The van der Waals surface area contributed by atoms with Crippen LogP contribution in [0.25, 0.3) is 0 Å². The highest BCUT2D eigenvalue weighted by Gasteiger charge is 2.26. The van der Waals surface area contributed by atoms with Crippen molar-refractivity contribution in [3.63, 3.8) is 0 Å². The van der Waals surface area contributed by atoms with Crippen LogP contribution in [0, 0.1) is 0 Å². The summed E-state index contributed by atoms with van der Waals surface area (Å²) in [7, 11) is 1.65. The highest BCUT2D eigenvalue weighted by atomic mass is 16.6. The molecule has 8 nitrogen and oxygen atoms in total. The van der Waals surface area contributed by atoms with Crippen molar-refractivity contribution in [2.24, 2.45) is 5.73 Å². The molecule has 3 aromatic rings. The summed E-state index contributed by atoms with van der Waals surface area (Å²) in [5.74, 6) is -0.358. The van der Waals surface area contributed by atoms with E-state index in [1.54, 1.807) is 31.3 Å². The van der Waals surface area contributed by atoms with Gasteiger partial charge in [0.2, 0.25) is 12.3 Å². The minimum atomic E-state index is -1.34. The van der Waals surface area contributed by atoms with Crippen molar-refractivity contribution < 1.29 is 24.2 Å². The molecule has 2 atom stereocenters. The molecule has 8 heteroatoms. The molecule has 3 aromatic carbocycles. The maximum Gasteiger partial charge on any atom is 0.255 e. The summed E-state index contributed by atoms with van der Waals surface area (Å²) in [6, 6.07) is 25.0. The lowest BCUT2D eigenvalue weighted by atomic mass is 10.0. The highest BCUT2D eigenvalue weighted by molar-refractivity contribution is 5.97. The molecule has 0 saturated carbocycles. The summed E-state index contributed by atoms with van der Waals surface area (Å²) < 4.78 is 10.8. The topological polar surface area (TPSA) is 114 Å². The molecule has 178 valence electrons. The molecule has 4 N–H and O–H groups in total. The smallest absolute Gasteiger partial charge is 0.255 e. The lowest BCUT2D eigenvalue weighted by Gasteiger charge is -2.27. The molecule has 34 heavy (non-hydrogen) atoms. The van der Waals surface area contributed by atoms with Crippen LogP contribution in [0.1, 0.15) is 11.1 Å². The van der Waals surface area contributed by atoms with Crippen molar-refractivity contribution in [3.05, 3.63) is 96.1 Å². The Bertz CT molecular complexity index is 1050. The third kappa shape index (κ3) is 7.70. The van der Waals surface area contributed by atoms with Crippen molar-refractivity contribution >= 4 is 17.5 Å². The third-order valence-electron chi connectivity index (χ3n) is 5.11. The molecule has 0 aliphatic heterocycles. The second-order valence-corrected chi connectivity index (χ2v) is 7.70. The zero-order valence-corrected chi connectivity index (χ0v) is 19.0. The second-order valence-electron chi connectivity index (χ2n) is 7.70. The molecule has 2 amide bonds. The monoisotopic (exact) mass is 463 g/mol. The van der Waals surface area contributed by atoms with Crippen molar-refractivity contribution in [2.45, 2.75) is 25.5 Å². The number of aliphatic hydroxyl groups excluding tert-OH is 1. The number of hydrogen-bond donors (Lipinski definition) is 3. The first kappa shape index (κ1) is 24.9. The van der Waals surface area contributed by atoms with Gasteiger partial charge < -0.3 is 25.2 Å². The van der Waals surface area contributed by atoms with E-state index in [9.17, 15) is 14.7 Å². The first-order valence-electron chi connectivity index (χ1n) is 10.8. The number of ether oxygens (including phenoxy) is 2. The van der Waals surface area contributed by atoms with Gasteiger partial charge in [0.15, 0.2) is 6.61 Å². The zero-order valence-electron chi connectivity index (χ0n) is 19.0. The van der Waals surface area contributed by atoms with Gasteiger partial charge in [0.25, 0.3) is 5.91 Å². The molecular formula is C26H29N3O5. The average Bonchev–Trinajstić information content (AvgIpc) is 2.86. The van der Waals surface area contributed by atoms with E-state index < -0.39 is 18.4 Å². The number of likely N-dealkylation sites (N-methyl/N-ethyl adjacent to an activating group) is 1. The Morgan fingerprint density at radius 3 is 2.12 bits per heavy atom. The summed E-state index contributed by atoms with van der Waals surface area (Å²) >= 11 is 0. The number of anilines is 1. The van der Waals surface area contributed by atoms with Gasteiger partial charge in [0, 0.05) is 12.7 Å². The zero-order chi connectivity index (χ0) is 24.3. The normalized spacial score (nSPS) is 12.5. The van der Waals surface area contributed by atoms with E-state index in [0.29, 0.717) is 17.9 Å². The van der Waals surface area contributed by atoms with Gasteiger partial charge in [-0.05, 0) is 41.8 Å². The van der Waals surface area contributed by atoms with E-state index in [1.807, 2.05) is 60.7 Å². The summed E-state index contributed by atoms with van der Waals surface area (Å²) in [6.07, 6.45) is -0.980. The Hall–Kier alpha value is -3.72. The standard InChI is InChI=1S/C26H29N3O5/c1-29(21-12-14-22(15-13-21)33-18-24(27)30)25(31)23(16-19-8-4-2-5-9-19)28-26(32)34-17-20-10-6-3-7-11-20/h2-15,23,26,28,32H,16-18H2,1H3,(H2,27,30)/t23-,26?/m0/s1. The summed E-state index contributed by atoms with van der Waals surface area (Å²) in [4.78, 5) is 25.7. The summed E-state index contributed by atoms with van der Waals surface area (Å²) in [5.41, 5.74) is 7.56. The van der Waals surface area contributed by atoms with Crippen LogP contribution in [0.2, 0.25) is 0 Å². The predicted octanol–water partition coefficient (Wildman–Crippen LogP) is 2.21. The molecule has 1 unspecified atom stereocenters. The third-order valence-corrected chi connectivity index (χ3v) is 5.11.